The van der Waals surface area contributed by atoms with Crippen molar-refractivity contribution in [1.29, 1.82) is 0 Å². The van der Waals surface area contributed by atoms with Gasteiger partial charge >= 0.3 is 0 Å². The molecule has 3 heterocycles. The number of hydrogen-bond donors (Lipinski definition) is 0. The molecule has 1 unspecified atom stereocenters. The molecule has 1 aromatic carbocycles. The molecule has 1 fully saturated rings. The molecule has 3 nitrogen and oxygen atoms in total. The summed E-state index contributed by atoms with van der Waals surface area (Å²) in [5, 5.41) is 0.871. The standard InChI is InChI=1S/C18H20ClN3/c19-17-8-9-20-18-16(17)7-6-15-13-21(10-11-22(15)18)12-14-4-2-1-3-5-14/h1-5,8-9,15H,6-7,10-13H2. The number of nitrogens with zero attached hydrogens (tertiary/aromatic N) is 3. The topological polar surface area (TPSA) is 19.4 Å². The van der Waals surface area contributed by atoms with E-state index in [1.165, 1.54) is 17.5 Å². The van der Waals surface area contributed by atoms with Gasteiger partial charge in [-0.1, -0.05) is 41.9 Å². The molecule has 1 atom stereocenters. The van der Waals surface area contributed by atoms with Crippen LogP contribution in [0.25, 0.3) is 0 Å². The fourth-order valence-electron chi connectivity index (χ4n) is 3.68. The number of fused-ring (bicyclic) bond motifs is 3. The third kappa shape index (κ3) is 2.59. The van der Waals surface area contributed by atoms with E-state index in [4.69, 9.17) is 11.6 Å². The van der Waals surface area contributed by atoms with Crippen molar-refractivity contribution in [3.63, 3.8) is 0 Å². The van der Waals surface area contributed by atoms with E-state index in [0.717, 1.165) is 43.4 Å². The number of benzene rings is 1. The number of piperazine rings is 1. The molecule has 0 saturated carbocycles. The van der Waals surface area contributed by atoms with E-state index in [0.29, 0.717) is 6.04 Å². The molecule has 0 N–H and O–H groups in total. The van der Waals surface area contributed by atoms with Crippen molar-refractivity contribution in [3.8, 4) is 0 Å². The Bertz CT molecular complexity index is 659. The van der Waals surface area contributed by atoms with Crippen LogP contribution >= 0.6 is 11.6 Å². The number of hydrogen-bond acceptors (Lipinski definition) is 3. The predicted octanol–water partition coefficient (Wildman–Crippen LogP) is 3.37. The summed E-state index contributed by atoms with van der Waals surface area (Å²) in [6.45, 7) is 4.28. The summed E-state index contributed by atoms with van der Waals surface area (Å²) < 4.78 is 0. The zero-order chi connectivity index (χ0) is 14.9. The second-order valence-electron chi connectivity index (χ2n) is 6.20. The fraction of sp³-hybridized carbons (Fsp3) is 0.389. The molecule has 1 saturated heterocycles. The maximum absolute atomic E-state index is 6.33. The summed E-state index contributed by atoms with van der Waals surface area (Å²) in [6.07, 6.45) is 4.05. The van der Waals surface area contributed by atoms with E-state index in [1.807, 2.05) is 12.3 Å². The van der Waals surface area contributed by atoms with Crippen LogP contribution in [0.15, 0.2) is 42.6 Å². The third-order valence-electron chi connectivity index (χ3n) is 4.79. The SMILES string of the molecule is Clc1ccnc2c1CCC1CN(Cc3ccccc3)CCN21. The minimum absolute atomic E-state index is 0.566. The minimum Gasteiger partial charge on any atom is -0.351 e. The zero-order valence-electron chi connectivity index (χ0n) is 12.6. The molecular formula is C18H20ClN3. The monoisotopic (exact) mass is 313 g/mol. The highest BCUT2D eigenvalue weighted by atomic mass is 35.5. The van der Waals surface area contributed by atoms with Crippen LogP contribution < -0.4 is 4.90 Å². The molecule has 4 rings (SSSR count). The van der Waals surface area contributed by atoms with Crippen molar-refractivity contribution >= 4 is 17.4 Å². The maximum Gasteiger partial charge on any atom is 0.133 e. The van der Waals surface area contributed by atoms with E-state index in [2.05, 4.69) is 45.1 Å². The van der Waals surface area contributed by atoms with Gasteiger partial charge in [-0.15, -0.1) is 0 Å². The maximum atomic E-state index is 6.33. The molecular weight excluding hydrogens is 294 g/mol. The van der Waals surface area contributed by atoms with Crippen LogP contribution in [0.4, 0.5) is 5.82 Å². The Morgan fingerprint density at radius 1 is 1.14 bits per heavy atom. The fourth-order valence-corrected chi connectivity index (χ4v) is 3.91. The molecule has 4 heteroatoms. The summed E-state index contributed by atoms with van der Waals surface area (Å²) in [5.74, 6) is 1.11. The Hall–Kier alpha value is -1.58. The van der Waals surface area contributed by atoms with Crippen molar-refractivity contribution < 1.29 is 0 Å². The first-order valence-electron chi connectivity index (χ1n) is 7.97. The summed E-state index contributed by atoms with van der Waals surface area (Å²) in [5.41, 5.74) is 2.63. The van der Waals surface area contributed by atoms with Crippen LogP contribution in [0.2, 0.25) is 5.02 Å². The average Bonchev–Trinajstić information content (AvgIpc) is 2.56. The van der Waals surface area contributed by atoms with Crippen molar-refractivity contribution in [1.82, 2.24) is 9.88 Å². The van der Waals surface area contributed by atoms with Crippen LogP contribution in [0.1, 0.15) is 17.5 Å². The third-order valence-corrected chi connectivity index (χ3v) is 5.15. The number of aromatic nitrogens is 1. The summed E-state index contributed by atoms with van der Waals surface area (Å²) >= 11 is 6.33. The first-order chi connectivity index (χ1) is 10.8. The van der Waals surface area contributed by atoms with E-state index >= 15 is 0 Å². The van der Waals surface area contributed by atoms with Gasteiger partial charge in [0.25, 0.3) is 0 Å². The number of halogens is 1. The highest BCUT2D eigenvalue weighted by Gasteiger charge is 2.33. The number of anilines is 1. The lowest BCUT2D eigenvalue weighted by molar-refractivity contribution is 0.206. The van der Waals surface area contributed by atoms with Gasteiger partial charge in [-0.25, -0.2) is 4.98 Å². The zero-order valence-corrected chi connectivity index (χ0v) is 13.3. The van der Waals surface area contributed by atoms with Crippen molar-refractivity contribution in [2.45, 2.75) is 25.4 Å². The quantitative estimate of drug-likeness (QED) is 0.847. The van der Waals surface area contributed by atoms with Crippen molar-refractivity contribution in [2.75, 3.05) is 24.5 Å². The van der Waals surface area contributed by atoms with Gasteiger partial charge in [0, 0.05) is 49.0 Å². The van der Waals surface area contributed by atoms with Gasteiger partial charge in [0.2, 0.25) is 0 Å². The Morgan fingerprint density at radius 3 is 2.86 bits per heavy atom. The normalized spacial score (nSPS) is 21.3. The Kier molecular flexibility index (Phi) is 3.77. The summed E-state index contributed by atoms with van der Waals surface area (Å²) in [7, 11) is 0. The van der Waals surface area contributed by atoms with Gasteiger partial charge < -0.3 is 4.90 Å². The molecule has 0 bridgehead atoms. The predicted molar refractivity (Wildman–Crippen MR) is 90.4 cm³/mol. The van der Waals surface area contributed by atoms with Gasteiger partial charge in [0.05, 0.1) is 0 Å². The first-order valence-corrected chi connectivity index (χ1v) is 8.35. The molecule has 0 amide bonds. The summed E-state index contributed by atoms with van der Waals surface area (Å²) in [6, 6.07) is 13.2. The number of pyridine rings is 1. The number of rotatable bonds is 2. The molecule has 2 aromatic rings. The van der Waals surface area contributed by atoms with Crippen LogP contribution in [-0.4, -0.2) is 35.6 Å². The average molecular weight is 314 g/mol. The second kappa shape index (κ2) is 5.90. The van der Waals surface area contributed by atoms with Crippen LogP contribution in [0, 0.1) is 0 Å². The van der Waals surface area contributed by atoms with Gasteiger partial charge in [0.15, 0.2) is 0 Å². The van der Waals surface area contributed by atoms with Crippen molar-refractivity contribution in [3.05, 3.63) is 58.7 Å². The molecule has 2 aliphatic heterocycles. The molecule has 0 spiro atoms. The van der Waals surface area contributed by atoms with E-state index in [-0.39, 0.29) is 0 Å². The van der Waals surface area contributed by atoms with Crippen LogP contribution in [0.5, 0.6) is 0 Å². The van der Waals surface area contributed by atoms with E-state index in [1.54, 1.807) is 0 Å². The molecule has 22 heavy (non-hydrogen) atoms. The van der Waals surface area contributed by atoms with E-state index < -0.39 is 0 Å². The second-order valence-corrected chi connectivity index (χ2v) is 6.61. The van der Waals surface area contributed by atoms with E-state index in [9.17, 15) is 0 Å². The van der Waals surface area contributed by atoms with Crippen molar-refractivity contribution in [2.24, 2.45) is 0 Å². The molecule has 2 aliphatic rings. The Labute approximate surface area is 136 Å². The van der Waals surface area contributed by atoms with Gasteiger partial charge in [0.1, 0.15) is 5.82 Å². The van der Waals surface area contributed by atoms with Gasteiger partial charge in [-0.2, -0.15) is 0 Å². The van der Waals surface area contributed by atoms with Gasteiger partial charge in [-0.3, -0.25) is 4.90 Å². The smallest absolute Gasteiger partial charge is 0.133 e. The van der Waals surface area contributed by atoms with Gasteiger partial charge in [-0.05, 0) is 24.5 Å². The summed E-state index contributed by atoms with van der Waals surface area (Å²) in [4.78, 5) is 9.62. The lowest BCUT2D eigenvalue weighted by Gasteiger charge is -2.45. The minimum atomic E-state index is 0.566. The Balaban J connectivity index is 1.50. The highest BCUT2D eigenvalue weighted by molar-refractivity contribution is 6.31. The van der Waals surface area contributed by atoms with Crippen LogP contribution in [-0.2, 0) is 13.0 Å². The first kappa shape index (κ1) is 14.0. The highest BCUT2D eigenvalue weighted by Crippen LogP contribution is 2.34. The largest absolute Gasteiger partial charge is 0.351 e. The molecule has 114 valence electrons. The molecule has 1 aromatic heterocycles. The Morgan fingerprint density at radius 2 is 2.00 bits per heavy atom. The van der Waals surface area contributed by atoms with Crippen LogP contribution in [0.3, 0.4) is 0 Å². The lowest BCUT2D eigenvalue weighted by Crippen LogP contribution is -2.55. The molecule has 0 aliphatic carbocycles. The lowest BCUT2D eigenvalue weighted by atomic mass is 9.96. The molecule has 0 radical (unpaired) electrons.